The lowest BCUT2D eigenvalue weighted by Gasteiger charge is -2.33. The molecule has 0 spiro atoms. The van der Waals surface area contributed by atoms with Crippen LogP contribution in [0.2, 0.25) is 0 Å². The third-order valence-corrected chi connectivity index (χ3v) is 5.18. The second-order valence-electron chi connectivity index (χ2n) is 8.21. The fourth-order valence-electron chi connectivity index (χ4n) is 2.88. The molecule has 1 unspecified atom stereocenters. The number of hydrogen-bond donors (Lipinski definition) is 0. The Bertz CT molecular complexity index is 458. The summed E-state index contributed by atoms with van der Waals surface area (Å²) in [7, 11) is 0. The lowest BCUT2D eigenvalue weighted by molar-refractivity contribution is -0.170. The number of rotatable bonds is 7. The molecule has 1 amide bonds. The van der Waals surface area contributed by atoms with Crippen LogP contribution in [-0.2, 0) is 14.3 Å². The van der Waals surface area contributed by atoms with E-state index in [0.29, 0.717) is 25.9 Å². The van der Waals surface area contributed by atoms with Crippen LogP contribution < -0.4 is 0 Å². The molecule has 0 bridgehead atoms. The van der Waals surface area contributed by atoms with Gasteiger partial charge in [0.05, 0.1) is 12.0 Å². The van der Waals surface area contributed by atoms with E-state index in [9.17, 15) is 9.59 Å². The number of nitrogens with zero attached hydrogens (tertiary/aromatic N) is 1. The van der Waals surface area contributed by atoms with Crippen LogP contribution in [-0.4, -0.2) is 41.3 Å². The third kappa shape index (κ3) is 5.12. The van der Waals surface area contributed by atoms with E-state index < -0.39 is 16.6 Å². The van der Waals surface area contributed by atoms with E-state index >= 15 is 0 Å². The van der Waals surface area contributed by atoms with Gasteiger partial charge in [0.25, 0.3) is 0 Å². The fraction of sp³-hybridized carbons (Fsp3) is 0.895. The van der Waals surface area contributed by atoms with Crippen molar-refractivity contribution in [2.24, 2.45) is 5.41 Å². The smallest absolute Gasteiger partial charge is 0.410 e. The summed E-state index contributed by atoms with van der Waals surface area (Å²) >= 11 is 0. The summed E-state index contributed by atoms with van der Waals surface area (Å²) in [5.74, 6) is -0.187. The molecule has 5 heteroatoms. The standard InChI is InChI=1S/C19H35NO4/c1-8-11-18(6,7)24-16(22)20-13-12-19(10-3,14-20)23-15(21)17(4,5)9-2/h8-14H2,1-7H3. The van der Waals surface area contributed by atoms with Crippen molar-refractivity contribution in [3.8, 4) is 0 Å². The zero-order chi connectivity index (χ0) is 18.6. The van der Waals surface area contributed by atoms with Gasteiger partial charge in [0, 0.05) is 13.0 Å². The summed E-state index contributed by atoms with van der Waals surface area (Å²) in [5, 5.41) is 0. The first-order valence-electron chi connectivity index (χ1n) is 9.22. The zero-order valence-corrected chi connectivity index (χ0v) is 16.5. The van der Waals surface area contributed by atoms with Gasteiger partial charge in [0.1, 0.15) is 11.2 Å². The maximum Gasteiger partial charge on any atom is 0.410 e. The van der Waals surface area contributed by atoms with E-state index in [2.05, 4.69) is 6.92 Å². The van der Waals surface area contributed by atoms with E-state index in [4.69, 9.17) is 9.47 Å². The first-order chi connectivity index (χ1) is 11.0. The van der Waals surface area contributed by atoms with Gasteiger partial charge in [-0.3, -0.25) is 4.79 Å². The Hall–Kier alpha value is -1.26. The fourth-order valence-corrected chi connectivity index (χ4v) is 2.88. The summed E-state index contributed by atoms with van der Waals surface area (Å²) in [5.41, 5.74) is -1.55. The van der Waals surface area contributed by atoms with Crippen LogP contribution in [0.5, 0.6) is 0 Å². The Balaban J connectivity index is 2.73. The van der Waals surface area contributed by atoms with Gasteiger partial charge in [-0.15, -0.1) is 0 Å². The number of carbonyl (C=O) groups excluding carboxylic acids is 2. The van der Waals surface area contributed by atoms with Crippen molar-refractivity contribution in [2.75, 3.05) is 13.1 Å². The van der Waals surface area contributed by atoms with Crippen LogP contribution in [0.3, 0.4) is 0 Å². The normalized spacial score (nSPS) is 21.7. The zero-order valence-electron chi connectivity index (χ0n) is 16.5. The molecular weight excluding hydrogens is 306 g/mol. The number of amides is 1. The van der Waals surface area contributed by atoms with E-state index in [-0.39, 0.29) is 12.1 Å². The van der Waals surface area contributed by atoms with Crippen molar-refractivity contribution in [1.82, 2.24) is 4.90 Å². The van der Waals surface area contributed by atoms with Gasteiger partial charge in [0.15, 0.2) is 0 Å². The second kappa shape index (κ2) is 7.75. The lowest BCUT2D eigenvalue weighted by atomic mass is 9.89. The highest BCUT2D eigenvalue weighted by atomic mass is 16.6. The molecule has 1 aliphatic rings. The second-order valence-corrected chi connectivity index (χ2v) is 8.21. The van der Waals surface area contributed by atoms with Gasteiger partial charge in [-0.1, -0.05) is 27.2 Å². The topological polar surface area (TPSA) is 55.8 Å². The number of carbonyl (C=O) groups is 2. The van der Waals surface area contributed by atoms with Crippen LogP contribution in [0.4, 0.5) is 4.79 Å². The van der Waals surface area contributed by atoms with Crippen molar-refractivity contribution in [2.45, 2.75) is 91.8 Å². The molecule has 5 nitrogen and oxygen atoms in total. The largest absolute Gasteiger partial charge is 0.457 e. The van der Waals surface area contributed by atoms with Gasteiger partial charge in [-0.05, 0) is 47.0 Å². The van der Waals surface area contributed by atoms with Crippen molar-refractivity contribution in [3.63, 3.8) is 0 Å². The lowest BCUT2D eigenvalue weighted by Crippen LogP contribution is -2.43. The van der Waals surface area contributed by atoms with Crippen molar-refractivity contribution in [3.05, 3.63) is 0 Å². The van der Waals surface area contributed by atoms with Crippen molar-refractivity contribution >= 4 is 12.1 Å². The molecule has 1 heterocycles. The van der Waals surface area contributed by atoms with Crippen LogP contribution in [0.1, 0.15) is 80.6 Å². The van der Waals surface area contributed by atoms with Crippen LogP contribution in [0.15, 0.2) is 0 Å². The molecular formula is C19H35NO4. The number of hydrogen-bond acceptors (Lipinski definition) is 4. The van der Waals surface area contributed by atoms with E-state index in [0.717, 1.165) is 19.3 Å². The summed E-state index contributed by atoms with van der Waals surface area (Å²) in [6.45, 7) is 14.7. The number of likely N-dealkylation sites (tertiary alicyclic amines) is 1. The highest BCUT2D eigenvalue weighted by Gasteiger charge is 2.45. The molecule has 0 aliphatic carbocycles. The van der Waals surface area contributed by atoms with Gasteiger partial charge in [0.2, 0.25) is 0 Å². The molecule has 140 valence electrons. The van der Waals surface area contributed by atoms with Gasteiger partial charge in [-0.25, -0.2) is 4.79 Å². The van der Waals surface area contributed by atoms with E-state index in [1.807, 2.05) is 41.5 Å². The maximum absolute atomic E-state index is 12.4. The molecule has 0 aromatic heterocycles. The van der Waals surface area contributed by atoms with Gasteiger partial charge in [-0.2, -0.15) is 0 Å². The minimum atomic E-state index is -0.586. The maximum atomic E-state index is 12.4. The Kier molecular flexibility index (Phi) is 6.71. The molecule has 0 aromatic carbocycles. The predicted octanol–water partition coefficient (Wildman–Crippen LogP) is 4.54. The summed E-state index contributed by atoms with van der Waals surface area (Å²) in [4.78, 5) is 26.6. The van der Waals surface area contributed by atoms with Crippen molar-refractivity contribution < 1.29 is 19.1 Å². The molecule has 0 N–H and O–H groups in total. The first-order valence-corrected chi connectivity index (χ1v) is 9.22. The monoisotopic (exact) mass is 341 g/mol. The molecule has 0 radical (unpaired) electrons. The predicted molar refractivity (Wildman–Crippen MR) is 94.8 cm³/mol. The highest BCUT2D eigenvalue weighted by molar-refractivity contribution is 5.76. The quantitative estimate of drug-likeness (QED) is 0.638. The molecule has 1 saturated heterocycles. The minimum Gasteiger partial charge on any atom is -0.457 e. The molecule has 1 fully saturated rings. The SMILES string of the molecule is CCCC(C)(C)OC(=O)N1CCC(CC)(OC(=O)C(C)(C)CC)C1. The minimum absolute atomic E-state index is 0.187. The first kappa shape index (κ1) is 20.8. The molecule has 24 heavy (non-hydrogen) atoms. The Morgan fingerprint density at radius 1 is 1.12 bits per heavy atom. The Morgan fingerprint density at radius 2 is 1.75 bits per heavy atom. The van der Waals surface area contributed by atoms with Crippen LogP contribution in [0, 0.1) is 5.41 Å². The molecule has 0 aromatic rings. The molecule has 1 rings (SSSR count). The average molecular weight is 341 g/mol. The third-order valence-electron chi connectivity index (χ3n) is 5.18. The molecule has 1 atom stereocenters. The summed E-state index contributed by atoms with van der Waals surface area (Å²) in [6.07, 6.45) is 3.56. The number of esters is 1. The van der Waals surface area contributed by atoms with Crippen molar-refractivity contribution in [1.29, 1.82) is 0 Å². The van der Waals surface area contributed by atoms with Crippen LogP contribution in [0.25, 0.3) is 0 Å². The molecule has 0 saturated carbocycles. The summed E-state index contributed by atoms with van der Waals surface area (Å²) < 4.78 is 11.5. The summed E-state index contributed by atoms with van der Waals surface area (Å²) in [6, 6.07) is 0. The van der Waals surface area contributed by atoms with E-state index in [1.54, 1.807) is 4.90 Å². The molecule has 1 aliphatic heterocycles. The highest BCUT2D eigenvalue weighted by Crippen LogP contribution is 2.33. The van der Waals surface area contributed by atoms with E-state index in [1.165, 1.54) is 0 Å². The Labute approximate surface area is 147 Å². The van der Waals surface area contributed by atoms with Crippen LogP contribution >= 0.6 is 0 Å². The Morgan fingerprint density at radius 3 is 2.25 bits per heavy atom. The number of ether oxygens (including phenoxy) is 2. The average Bonchev–Trinajstić information content (AvgIpc) is 2.91. The van der Waals surface area contributed by atoms with Gasteiger partial charge < -0.3 is 14.4 Å². The van der Waals surface area contributed by atoms with Gasteiger partial charge >= 0.3 is 12.1 Å².